The second-order valence-electron chi connectivity index (χ2n) is 5.00. The topological polar surface area (TPSA) is 51.0 Å². The van der Waals surface area contributed by atoms with Gasteiger partial charge in [-0.3, -0.25) is 4.79 Å². The summed E-state index contributed by atoms with van der Waals surface area (Å²) >= 11 is 0. The second kappa shape index (κ2) is 4.84. The van der Waals surface area contributed by atoms with Crippen LogP contribution in [-0.4, -0.2) is 38.7 Å². The summed E-state index contributed by atoms with van der Waals surface area (Å²) in [5.41, 5.74) is 0.644. The van der Waals surface area contributed by atoms with Gasteiger partial charge in [-0.15, -0.1) is 0 Å². The molecule has 3 heterocycles. The molecule has 1 atom stereocenters. The van der Waals surface area contributed by atoms with Crippen molar-refractivity contribution in [1.29, 1.82) is 0 Å². The van der Waals surface area contributed by atoms with Gasteiger partial charge in [-0.25, -0.2) is 9.67 Å². The van der Waals surface area contributed by atoms with E-state index in [0.717, 1.165) is 25.3 Å². The molecule has 1 unspecified atom stereocenters. The number of hydrogen-bond acceptors (Lipinski definition) is 3. The largest absolute Gasteiger partial charge is 0.338 e. The lowest BCUT2D eigenvalue weighted by atomic mass is 10.2. The van der Waals surface area contributed by atoms with Gasteiger partial charge in [0.1, 0.15) is 0 Å². The zero-order valence-electron chi connectivity index (χ0n) is 10.9. The maximum absolute atomic E-state index is 12.3. The van der Waals surface area contributed by atoms with Crippen LogP contribution in [0.3, 0.4) is 0 Å². The van der Waals surface area contributed by atoms with Gasteiger partial charge in [0.25, 0.3) is 5.91 Å². The number of aromatic nitrogens is 3. The lowest BCUT2D eigenvalue weighted by Crippen LogP contribution is -2.28. The van der Waals surface area contributed by atoms with Crippen LogP contribution < -0.4 is 0 Å². The van der Waals surface area contributed by atoms with Crippen molar-refractivity contribution in [3.8, 4) is 5.82 Å². The van der Waals surface area contributed by atoms with Crippen molar-refractivity contribution in [3.05, 3.63) is 42.4 Å². The van der Waals surface area contributed by atoms with Crippen LogP contribution >= 0.6 is 0 Å². The number of likely N-dealkylation sites (tertiary alicyclic amines) is 1. The quantitative estimate of drug-likeness (QED) is 0.822. The smallest absolute Gasteiger partial charge is 0.255 e. The standard InChI is InChI=1S/C14H16N4O/c1-11-5-8-17(10-11)14(19)12-3-4-13(15-9-12)18-7-2-6-16-18/h2-4,6-7,9,11H,5,8,10H2,1H3. The third-order valence-corrected chi connectivity index (χ3v) is 3.45. The molecule has 1 amide bonds. The highest BCUT2D eigenvalue weighted by Crippen LogP contribution is 2.17. The Bertz CT molecular complexity index is 562. The molecule has 0 aromatic carbocycles. The fourth-order valence-electron chi connectivity index (χ4n) is 2.35. The molecule has 1 fully saturated rings. The number of nitrogens with zero attached hydrogens (tertiary/aromatic N) is 4. The molecular formula is C14H16N4O. The van der Waals surface area contributed by atoms with Crippen molar-refractivity contribution < 1.29 is 4.79 Å². The molecule has 2 aromatic rings. The van der Waals surface area contributed by atoms with Crippen LogP contribution in [0, 0.1) is 5.92 Å². The third-order valence-electron chi connectivity index (χ3n) is 3.45. The molecule has 1 saturated heterocycles. The van der Waals surface area contributed by atoms with E-state index < -0.39 is 0 Å². The van der Waals surface area contributed by atoms with Gasteiger partial charge < -0.3 is 4.90 Å². The predicted octanol–water partition coefficient (Wildman–Crippen LogP) is 1.75. The summed E-state index contributed by atoms with van der Waals surface area (Å²) in [6, 6.07) is 5.47. The number of amides is 1. The molecule has 19 heavy (non-hydrogen) atoms. The Hall–Kier alpha value is -2.17. The van der Waals surface area contributed by atoms with E-state index in [-0.39, 0.29) is 5.91 Å². The van der Waals surface area contributed by atoms with Gasteiger partial charge in [-0.05, 0) is 30.5 Å². The van der Waals surface area contributed by atoms with Crippen molar-refractivity contribution in [1.82, 2.24) is 19.7 Å². The van der Waals surface area contributed by atoms with E-state index in [1.54, 1.807) is 17.1 Å². The molecule has 0 aliphatic carbocycles. The predicted molar refractivity (Wildman–Crippen MR) is 71.0 cm³/mol. The van der Waals surface area contributed by atoms with Crippen LogP contribution in [0.5, 0.6) is 0 Å². The highest BCUT2D eigenvalue weighted by molar-refractivity contribution is 5.94. The maximum Gasteiger partial charge on any atom is 0.255 e. The molecule has 5 heteroatoms. The van der Waals surface area contributed by atoms with E-state index in [1.807, 2.05) is 29.3 Å². The highest BCUT2D eigenvalue weighted by Gasteiger charge is 2.24. The van der Waals surface area contributed by atoms with E-state index in [9.17, 15) is 4.79 Å². The zero-order valence-corrected chi connectivity index (χ0v) is 10.9. The van der Waals surface area contributed by atoms with Crippen molar-refractivity contribution >= 4 is 5.91 Å². The molecule has 0 N–H and O–H groups in total. The summed E-state index contributed by atoms with van der Waals surface area (Å²) in [6.45, 7) is 3.87. The lowest BCUT2D eigenvalue weighted by molar-refractivity contribution is 0.0787. The minimum Gasteiger partial charge on any atom is -0.338 e. The Labute approximate surface area is 111 Å². The van der Waals surface area contributed by atoms with Crippen LogP contribution in [0.4, 0.5) is 0 Å². The van der Waals surface area contributed by atoms with E-state index in [4.69, 9.17) is 0 Å². The summed E-state index contributed by atoms with van der Waals surface area (Å²) in [6.07, 6.45) is 6.24. The summed E-state index contributed by atoms with van der Waals surface area (Å²) in [5.74, 6) is 1.39. The van der Waals surface area contributed by atoms with Crippen LogP contribution in [0.15, 0.2) is 36.8 Å². The highest BCUT2D eigenvalue weighted by atomic mass is 16.2. The van der Waals surface area contributed by atoms with Crippen molar-refractivity contribution in [2.24, 2.45) is 5.92 Å². The van der Waals surface area contributed by atoms with Crippen LogP contribution in [0.1, 0.15) is 23.7 Å². The van der Waals surface area contributed by atoms with E-state index in [0.29, 0.717) is 11.5 Å². The normalized spacial score (nSPS) is 18.8. The third kappa shape index (κ3) is 2.36. The van der Waals surface area contributed by atoms with Crippen LogP contribution in [0.25, 0.3) is 5.82 Å². The molecule has 0 bridgehead atoms. The SMILES string of the molecule is CC1CCN(C(=O)c2ccc(-n3cccn3)nc2)C1. The first-order valence-corrected chi connectivity index (χ1v) is 6.49. The van der Waals surface area contributed by atoms with Crippen molar-refractivity contribution in [2.75, 3.05) is 13.1 Å². The summed E-state index contributed by atoms with van der Waals surface area (Å²) in [4.78, 5) is 18.4. The minimum atomic E-state index is 0.0730. The van der Waals surface area contributed by atoms with Crippen LogP contribution in [-0.2, 0) is 0 Å². The van der Waals surface area contributed by atoms with Gasteiger partial charge in [0, 0.05) is 31.7 Å². The Balaban J connectivity index is 1.77. The van der Waals surface area contributed by atoms with Crippen molar-refractivity contribution in [3.63, 3.8) is 0 Å². The number of rotatable bonds is 2. The molecule has 98 valence electrons. The van der Waals surface area contributed by atoms with E-state index >= 15 is 0 Å². The summed E-state index contributed by atoms with van der Waals surface area (Å²) < 4.78 is 1.67. The maximum atomic E-state index is 12.3. The molecule has 1 aliphatic heterocycles. The Morgan fingerprint density at radius 1 is 1.42 bits per heavy atom. The van der Waals surface area contributed by atoms with Gasteiger partial charge in [0.15, 0.2) is 5.82 Å². The number of carbonyl (C=O) groups is 1. The number of pyridine rings is 1. The van der Waals surface area contributed by atoms with E-state index in [1.165, 1.54) is 0 Å². The Kier molecular flexibility index (Phi) is 3.03. The van der Waals surface area contributed by atoms with Crippen molar-refractivity contribution in [2.45, 2.75) is 13.3 Å². The van der Waals surface area contributed by atoms with Crippen LogP contribution in [0.2, 0.25) is 0 Å². The molecular weight excluding hydrogens is 240 g/mol. The second-order valence-corrected chi connectivity index (χ2v) is 5.00. The zero-order chi connectivity index (χ0) is 13.2. The number of hydrogen-bond donors (Lipinski definition) is 0. The minimum absolute atomic E-state index is 0.0730. The summed E-state index contributed by atoms with van der Waals surface area (Å²) in [7, 11) is 0. The molecule has 3 rings (SSSR count). The van der Waals surface area contributed by atoms with E-state index in [2.05, 4.69) is 17.0 Å². The fraction of sp³-hybridized carbons (Fsp3) is 0.357. The molecule has 0 spiro atoms. The Morgan fingerprint density at radius 2 is 2.32 bits per heavy atom. The van der Waals surface area contributed by atoms with Gasteiger partial charge in [0.05, 0.1) is 5.56 Å². The van der Waals surface area contributed by atoms with Gasteiger partial charge in [0.2, 0.25) is 0 Å². The first kappa shape index (κ1) is 11.9. The molecule has 1 aliphatic rings. The molecule has 0 radical (unpaired) electrons. The Morgan fingerprint density at radius 3 is 2.89 bits per heavy atom. The monoisotopic (exact) mass is 256 g/mol. The molecule has 5 nitrogen and oxygen atoms in total. The van der Waals surface area contributed by atoms with Gasteiger partial charge >= 0.3 is 0 Å². The van der Waals surface area contributed by atoms with Gasteiger partial charge in [-0.1, -0.05) is 6.92 Å². The first-order chi connectivity index (χ1) is 9.24. The first-order valence-electron chi connectivity index (χ1n) is 6.49. The van der Waals surface area contributed by atoms with Gasteiger partial charge in [-0.2, -0.15) is 5.10 Å². The molecule has 0 saturated carbocycles. The number of carbonyl (C=O) groups excluding carboxylic acids is 1. The average molecular weight is 256 g/mol. The average Bonchev–Trinajstić information content (AvgIpc) is 3.09. The molecule has 2 aromatic heterocycles. The lowest BCUT2D eigenvalue weighted by Gasteiger charge is -2.15. The fourth-order valence-corrected chi connectivity index (χ4v) is 2.35. The summed E-state index contributed by atoms with van der Waals surface area (Å²) in [5, 5.41) is 4.11.